The summed E-state index contributed by atoms with van der Waals surface area (Å²) in [6.45, 7) is 0. The fourth-order valence-corrected chi connectivity index (χ4v) is 1.64. The number of rotatable bonds is 4. The Bertz CT molecular complexity index is 419. The Morgan fingerprint density at radius 3 is 1.94 bits per heavy atom. The van der Waals surface area contributed by atoms with Crippen molar-refractivity contribution in [1.29, 1.82) is 0 Å². The van der Waals surface area contributed by atoms with Gasteiger partial charge < -0.3 is 0 Å². The molecule has 0 bridgehead atoms. The van der Waals surface area contributed by atoms with E-state index in [0.29, 0.717) is 5.56 Å². The fraction of sp³-hybridized carbons (Fsp3) is 0.100. The van der Waals surface area contributed by atoms with Crippen molar-refractivity contribution < 1.29 is 9.59 Å². The summed E-state index contributed by atoms with van der Waals surface area (Å²) in [4.78, 5) is 23.1. The van der Waals surface area contributed by atoms with Crippen LogP contribution in [0.4, 0.5) is 0 Å². The molecule has 1 rings (SSSR count). The van der Waals surface area contributed by atoms with Gasteiger partial charge in [0.15, 0.2) is 5.92 Å². The fourth-order valence-electron chi connectivity index (χ4n) is 1.29. The number of hydrazine groups is 2. The minimum atomic E-state index is -1.22. The zero-order valence-electron chi connectivity index (χ0n) is 8.84. The van der Waals surface area contributed by atoms with Crippen LogP contribution in [0, 0.1) is 5.92 Å². The Kier molecular flexibility index (Phi) is 4.70. The number of benzene rings is 1. The van der Waals surface area contributed by atoms with Gasteiger partial charge in [-0.1, -0.05) is 42.5 Å². The Hall–Kier alpha value is -1.83. The largest absolute Gasteiger partial charge is 0.293 e. The number of amides is 2. The van der Waals surface area contributed by atoms with Crippen LogP contribution < -0.4 is 22.5 Å². The molecule has 0 unspecified atom stereocenters. The summed E-state index contributed by atoms with van der Waals surface area (Å²) in [6.07, 6.45) is 0. The summed E-state index contributed by atoms with van der Waals surface area (Å²) in [7, 11) is 0. The molecule has 90 valence electrons. The summed E-state index contributed by atoms with van der Waals surface area (Å²) < 4.78 is 0. The third-order valence-corrected chi connectivity index (χ3v) is 2.60. The predicted molar refractivity (Wildman–Crippen MR) is 66.3 cm³/mol. The van der Waals surface area contributed by atoms with Crippen molar-refractivity contribution >= 4 is 28.9 Å². The van der Waals surface area contributed by atoms with E-state index in [1.54, 1.807) is 30.3 Å². The molecule has 0 aliphatic heterocycles. The molecule has 0 radical (unpaired) electrons. The molecule has 0 aliphatic rings. The van der Waals surface area contributed by atoms with Crippen molar-refractivity contribution in [2.45, 2.75) is 0 Å². The van der Waals surface area contributed by atoms with E-state index in [0.717, 1.165) is 0 Å². The van der Waals surface area contributed by atoms with Crippen LogP contribution in [0.1, 0.15) is 5.56 Å². The lowest BCUT2D eigenvalue weighted by molar-refractivity contribution is -0.132. The van der Waals surface area contributed by atoms with Crippen molar-refractivity contribution in [2.24, 2.45) is 17.6 Å². The van der Waals surface area contributed by atoms with Gasteiger partial charge in [-0.05, 0) is 5.56 Å². The van der Waals surface area contributed by atoms with Gasteiger partial charge in [0, 0.05) is 4.86 Å². The molecular formula is C10H12N4O2S. The molecule has 0 aromatic heterocycles. The van der Waals surface area contributed by atoms with E-state index >= 15 is 0 Å². The predicted octanol–water partition coefficient (Wildman–Crippen LogP) is -0.999. The summed E-state index contributed by atoms with van der Waals surface area (Å²) in [6, 6.07) is 8.69. The molecule has 0 saturated carbocycles. The molecular weight excluding hydrogens is 240 g/mol. The minimum Gasteiger partial charge on any atom is -0.293 e. The first-order valence-electron chi connectivity index (χ1n) is 4.72. The van der Waals surface area contributed by atoms with E-state index in [-0.39, 0.29) is 4.86 Å². The number of hydrogen-bond donors (Lipinski definition) is 4. The molecule has 0 aliphatic carbocycles. The first-order chi connectivity index (χ1) is 8.11. The van der Waals surface area contributed by atoms with Gasteiger partial charge in [0.05, 0.1) is 0 Å². The van der Waals surface area contributed by atoms with Crippen molar-refractivity contribution in [3.8, 4) is 0 Å². The van der Waals surface area contributed by atoms with Crippen LogP contribution in [-0.4, -0.2) is 16.7 Å². The summed E-state index contributed by atoms with van der Waals surface area (Å²) >= 11 is 5.09. The van der Waals surface area contributed by atoms with Crippen LogP contribution in [0.15, 0.2) is 30.3 Å². The number of hydrogen-bond acceptors (Lipinski definition) is 5. The van der Waals surface area contributed by atoms with Crippen LogP contribution in [0.3, 0.4) is 0 Å². The highest BCUT2D eigenvalue weighted by Gasteiger charge is 2.30. The summed E-state index contributed by atoms with van der Waals surface area (Å²) in [5, 5.41) is 0. The zero-order valence-corrected chi connectivity index (χ0v) is 9.66. The maximum atomic E-state index is 11.5. The highest BCUT2D eigenvalue weighted by atomic mass is 32.1. The van der Waals surface area contributed by atoms with Gasteiger partial charge in [-0.2, -0.15) is 0 Å². The molecule has 0 fully saturated rings. The molecule has 2 amide bonds. The maximum Gasteiger partial charge on any atom is 0.251 e. The van der Waals surface area contributed by atoms with Gasteiger partial charge in [-0.25, -0.2) is 11.7 Å². The van der Waals surface area contributed by atoms with E-state index < -0.39 is 17.7 Å². The monoisotopic (exact) mass is 252 g/mol. The van der Waals surface area contributed by atoms with Crippen molar-refractivity contribution in [2.75, 3.05) is 0 Å². The first kappa shape index (κ1) is 13.2. The van der Waals surface area contributed by atoms with Crippen LogP contribution in [0.25, 0.3) is 0 Å². The lowest BCUT2D eigenvalue weighted by Crippen LogP contribution is -2.49. The molecule has 0 saturated heterocycles. The minimum absolute atomic E-state index is 0.163. The number of nitrogens with one attached hydrogen (secondary N) is 2. The molecule has 6 N–H and O–H groups in total. The van der Waals surface area contributed by atoms with Crippen LogP contribution in [0.2, 0.25) is 0 Å². The Balaban J connectivity index is 3.03. The number of thiocarbonyl (C=S) groups is 1. The third kappa shape index (κ3) is 3.06. The van der Waals surface area contributed by atoms with Crippen LogP contribution >= 0.6 is 12.2 Å². The number of nitrogens with two attached hydrogens (primary N) is 2. The Morgan fingerprint density at radius 2 is 1.53 bits per heavy atom. The van der Waals surface area contributed by atoms with E-state index in [9.17, 15) is 9.59 Å². The SMILES string of the molecule is NNC(=O)C(C(=O)NN)C(=S)c1ccccc1. The first-order valence-corrected chi connectivity index (χ1v) is 5.12. The Labute approximate surface area is 103 Å². The lowest BCUT2D eigenvalue weighted by Gasteiger charge is -2.14. The molecule has 6 nitrogen and oxygen atoms in total. The second-order valence-electron chi connectivity index (χ2n) is 3.18. The topological polar surface area (TPSA) is 110 Å². The van der Waals surface area contributed by atoms with Crippen LogP contribution in [-0.2, 0) is 9.59 Å². The normalized spacial score (nSPS) is 9.82. The summed E-state index contributed by atoms with van der Waals surface area (Å²) in [5.41, 5.74) is 4.37. The molecule has 1 aromatic rings. The van der Waals surface area contributed by atoms with Gasteiger partial charge in [0.2, 0.25) is 0 Å². The molecule has 0 spiro atoms. The van der Waals surface area contributed by atoms with E-state index in [4.69, 9.17) is 23.9 Å². The highest BCUT2D eigenvalue weighted by Crippen LogP contribution is 2.11. The van der Waals surface area contributed by atoms with Gasteiger partial charge >= 0.3 is 0 Å². The smallest absolute Gasteiger partial charge is 0.251 e. The number of carbonyl (C=O) groups excluding carboxylic acids is 2. The maximum absolute atomic E-state index is 11.5. The van der Waals surface area contributed by atoms with E-state index in [1.807, 2.05) is 10.9 Å². The van der Waals surface area contributed by atoms with E-state index in [1.165, 1.54) is 0 Å². The summed E-state index contributed by atoms with van der Waals surface area (Å²) in [5.74, 6) is 7.37. The lowest BCUT2D eigenvalue weighted by atomic mass is 9.97. The number of carbonyl (C=O) groups is 2. The molecule has 1 aromatic carbocycles. The average molecular weight is 252 g/mol. The molecule has 7 heteroatoms. The van der Waals surface area contributed by atoms with Crippen molar-refractivity contribution in [1.82, 2.24) is 10.9 Å². The molecule has 17 heavy (non-hydrogen) atoms. The van der Waals surface area contributed by atoms with E-state index in [2.05, 4.69) is 0 Å². The van der Waals surface area contributed by atoms with Gasteiger partial charge in [0.25, 0.3) is 11.8 Å². The van der Waals surface area contributed by atoms with Crippen molar-refractivity contribution in [3.63, 3.8) is 0 Å². The zero-order chi connectivity index (χ0) is 12.8. The highest BCUT2D eigenvalue weighted by molar-refractivity contribution is 7.81. The second-order valence-corrected chi connectivity index (χ2v) is 3.62. The van der Waals surface area contributed by atoms with Crippen LogP contribution in [0.5, 0.6) is 0 Å². The average Bonchev–Trinajstić information content (AvgIpc) is 2.39. The van der Waals surface area contributed by atoms with Crippen molar-refractivity contribution in [3.05, 3.63) is 35.9 Å². The standard InChI is InChI=1S/C10H12N4O2S/c11-13-9(15)7(10(16)14-12)8(17)6-4-2-1-3-5-6/h1-5,7H,11-12H2,(H,13,15)(H,14,16). The van der Waals surface area contributed by atoms with Gasteiger partial charge in [-0.3, -0.25) is 20.4 Å². The third-order valence-electron chi connectivity index (χ3n) is 2.13. The molecule has 0 heterocycles. The Morgan fingerprint density at radius 1 is 1.06 bits per heavy atom. The molecule has 0 atom stereocenters. The van der Waals surface area contributed by atoms with Gasteiger partial charge in [-0.15, -0.1) is 0 Å². The second kappa shape index (κ2) is 6.04. The van der Waals surface area contributed by atoms with Gasteiger partial charge in [0.1, 0.15) is 0 Å². The quantitative estimate of drug-likeness (QED) is 0.137.